The van der Waals surface area contributed by atoms with Crippen LogP contribution in [0.3, 0.4) is 0 Å². The highest BCUT2D eigenvalue weighted by Crippen LogP contribution is 2.28. The van der Waals surface area contributed by atoms with Crippen LogP contribution in [0.1, 0.15) is 42.7 Å². The molecule has 0 fully saturated rings. The van der Waals surface area contributed by atoms with E-state index in [1.807, 2.05) is 0 Å². The summed E-state index contributed by atoms with van der Waals surface area (Å²) < 4.78 is 45.4. The average molecular weight is 408 g/mol. The summed E-state index contributed by atoms with van der Waals surface area (Å²) in [6.45, 7) is 5.87. The zero-order valence-electron chi connectivity index (χ0n) is 16.4. The Morgan fingerprint density at radius 3 is 2.29 bits per heavy atom. The lowest BCUT2D eigenvalue weighted by Crippen LogP contribution is -2.31. The molecule has 2 rings (SSSR count). The molecule has 0 heterocycles. The van der Waals surface area contributed by atoms with Gasteiger partial charge in [0.25, 0.3) is 5.91 Å². The van der Waals surface area contributed by atoms with Crippen LogP contribution in [0.4, 0.5) is 4.39 Å². The Morgan fingerprint density at radius 2 is 1.75 bits per heavy atom. The van der Waals surface area contributed by atoms with Crippen molar-refractivity contribution in [3.8, 4) is 5.75 Å². The van der Waals surface area contributed by atoms with Crippen LogP contribution in [0, 0.1) is 5.82 Å². The molecule has 0 saturated heterocycles. The van der Waals surface area contributed by atoms with Crippen molar-refractivity contribution < 1.29 is 22.3 Å². The molecule has 2 aromatic carbocycles. The van der Waals surface area contributed by atoms with Gasteiger partial charge in [-0.05, 0) is 42.8 Å². The van der Waals surface area contributed by atoms with Crippen LogP contribution in [0.25, 0.3) is 0 Å². The fourth-order valence-corrected chi connectivity index (χ4v) is 4.48. The third-order valence-corrected chi connectivity index (χ3v) is 6.54. The van der Waals surface area contributed by atoms with E-state index in [9.17, 15) is 17.6 Å². The quantitative estimate of drug-likeness (QED) is 0.727. The number of benzene rings is 2. The minimum Gasteiger partial charge on any atom is -0.495 e. The summed E-state index contributed by atoms with van der Waals surface area (Å²) >= 11 is 0. The van der Waals surface area contributed by atoms with Crippen LogP contribution in [0.15, 0.2) is 47.4 Å². The Labute approximate surface area is 165 Å². The number of rotatable bonds is 8. The molecule has 0 aliphatic heterocycles. The lowest BCUT2D eigenvalue weighted by molar-refractivity contribution is 0.0939. The topological polar surface area (TPSA) is 75.7 Å². The van der Waals surface area contributed by atoms with Crippen LogP contribution >= 0.6 is 0 Å². The number of amides is 1. The Balaban J connectivity index is 2.33. The first kappa shape index (κ1) is 21.8. The van der Waals surface area contributed by atoms with Gasteiger partial charge in [0.2, 0.25) is 10.0 Å². The molecule has 0 aliphatic rings. The zero-order valence-corrected chi connectivity index (χ0v) is 17.2. The molecule has 1 atom stereocenters. The van der Waals surface area contributed by atoms with Crippen molar-refractivity contribution in [3.05, 3.63) is 59.4 Å². The number of hydrogen-bond donors (Lipinski definition) is 1. The summed E-state index contributed by atoms with van der Waals surface area (Å²) in [7, 11) is -2.42. The van der Waals surface area contributed by atoms with Gasteiger partial charge in [-0.25, -0.2) is 12.8 Å². The Kier molecular flexibility index (Phi) is 7.15. The Morgan fingerprint density at radius 1 is 1.14 bits per heavy atom. The molecule has 0 aromatic heterocycles. The summed E-state index contributed by atoms with van der Waals surface area (Å²) in [4.78, 5) is 12.6. The molecule has 6 nitrogen and oxygen atoms in total. The van der Waals surface area contributed by atoms with Gasteiger partial charge in [0.05, 0.1) is 13.2 Å². The molecule has 8 heteroatoms. The van der Waals surface area contributed by atoms with E-state index in [-0.39, 0.29) is 28.1 Å². The number of ether oxygens (including phenoxy) is 1. The number of carbonyl (C=O) groups is 1. The van der Waals surface area contributed by atoms with E-state index in [2.05, 4.69) is 5.32 Å². The standard InChI is InChI=1S/C20H25FN2O4S/c1-5-23(6-2)28(25,26)19-13-16(9-12-18(19)27-4)20(24)22-14(3)15-7-10-17(21)11-8-15/h7-14H,5-6H2,1-4H3,(H,22,24). The summed E-state index contributed by atoms with van der Waals surface area (Å²) in [5.41, 5.74) is 0.930. The van der Waals surface area contributed by atoms with E-state index in [4.69, 9.17) is 4.74 Å². The molecule has 0 radical (unpaired) electrons. The van der Waals surface area contributed by atoms with Crippen LogP contribution in [-0.4, -0.2) is 38.8 Å². The maximum atomic E-state index is 13.1. The predicted molar refractivity (Wildman–Crippen MR) is 105 cm³/mol. The second kappa shape index (κ2) is 9.16. The summed E-state index contributed by atoms with van der Waals surface area (Å²) in [5.74, 6) is -0.616. The van der Waals surface area contributed by atoms with Crippen LogP contribution in [0.5, 0.6) is 5.75 Å². The second-order valence-corrected chi connectivity index (χ2v) is 8.11. The average Bonchev–Trinajstić information content (AvgIpc) is 2.68. The molecule has 28 heavy (non-hydrogen) atoms. The number of carbonyl (C=O) groups excluding carboxylic acids is 1. The van der Waals surface area contributed by atoms with E-state index < -0.39 is 15.9 Å². The maximum absolute atomic E-state index is 13.1. The summed E-state index contributed by atoms with van der Waals surface area (Å²) in [6.07, 6.45) is 0. The van der Waals surface area contributed by atoms with Crippen LogP contribution in [0.2, 0.25) is 0 Å². The molecule has 0 saturated carbocycles. The largest absolute Gasteiger partial charge is 0.495 e. The number of methoxy groups -OCH3 is 1. The first-order valence-electron chi connectivity index (χ1n) is 8.99. The third-order valence-electron chi connectivity index (χ3n) is 4.47. The minimum atomic E-state index is -3.80. The van der Waals surface area contributed by atoms with E-state index in [1.54, 1.807) is 32.9 Å². The molecule has 152 valence electrons. The molecular weight excluding hydrogens is 383 g/mol. The normalized spacial score (nSPS) is 12.6. The molecule has 0 aliphatic carbocycles. The van der Waals surface area contributed by atoms with Crippen molar-refractivity contribution in [2.24, 2.45) is 0 Å². The van der Waals surface area contributed by atoms with Gasteiger partial charge < -0.3 is 10.1 Å². The van der Waals surface area contributed by atoms with Crippen molar-refractivity contribution in [1.82, 2.24) is 9.62 Å². The number of sulfonamides is 1. The minimum absolute atomic E-state index is 0.0548. The van der Waals surface area contributed by atoms with Crippen molar-refractivity contribution in [2.45, 2.75) is 31.7 Å². The Hall–Kier alpha value is -2.45. The van der Waals surface area contributed by atoms with E-state index >= 15 is 0 Å². The van der Waals surface area contributed by atoms with Gasteiger partial charge in [-0.1, -0.05) is 26.0 Å². The van der Waals surface area contributed by atoms with Crippen molar-refractivity contribution in [1.29, 1.82) is 0 Å². The van der Waals surface area contributed by atoms with Crippen molar-refractivity contribution in [3.63, 3.8) is 0 Å². The number of hydrogen-bond acceptors (Lipinski definition) is 4. The van der Waals surface area contributed by atoms with Crippen LogP contribution < -0.4 is 10.1 Å². The molecule has 0 spiro atoms. The number of nitrogens with one attached hydrogen (secondary N) is 1. The monoisotopic (exact) mass is 408 g/mol. The molecule has 1 N–H and O–H groups in total. The number of nitrogens with zero attached hydrogens (tertiary/aromatic N) is 1. The zero-order chi connectivity index (χ0) is 20.9. The van der Waals surface area contributed by atoms with E-state index in [0.29, 0.717) is 13.1 Å². The van der Waals surface area contributed by atoms with Gasteiger partial charge in [-0.2, -0.15) is 4.31 Å². The molecular formula is C20H25FN2O4S. The van der Waals surface area contributed by atoms with Gasteiger partial charge in [0.1, 0.15) is 16.5 Å². The van der Waals surface area contributed by atoms with Gasteiger partial charge in [-0.15, -0.1) is 0 Å². The van der Waals surface area contributed by atoms with Crippen LogP contribution in [-0.2, 0) is 10.0 Å². The van der Waals surface area contributed by atoms with E-state index in [1.165, 1.54) is 41.7 Å². The van der Waals surface area contributed by atoms with Crippen molar-refractivity contribution >= 4 is 15.9 Å². The molecule has 0 bridgehead atoms. The first-order valence-corrected chi connectivity index (χ1v) is 10.4. The first-order chi connectivity index (χ1) is 13.2. The van der Waals surface area contributed by atoms with Gasteiger partial charge >= 0.3 is 0 Å². The van der Waals surface area contributed by atoms with Gasteiger partial charge in [0, 0.05) is 18.7 Å². The molecule has 1 amide bonds. The lowest BCUT2D eigenvalue weighted by atomic mass is 10.1. The SMILES string of the molecule is CCN(CC)S(=O)(=O)c1cc(C(=O)NC(C)c2ccc(F)cc2)ccc1OC. The van der Waals surface area contributed by atoms with Crippen molar-refractivity contribution in [2.75, 3.05) is 20.2 Å². The maximum Gasteiger partial charge on any atom is 0.251 e. The smallest absolute Gasteiger partial charge is 0.251 e. The summed E-state index contributed by atoms with van der Waals surface area (Å²) in [6, 6.07) is 9.73. The molecule has 1 unspecified atom stereocenters. The second-order valence-electron chi connectivity index (χ2n) is 6.20. The Bertz CT molecular complexity index is 926. The predicted octanol–water partition coefficient (Wildman–Crippen LogP) is 3.36. The fourth-order valence-electron chi connectivity index (χ4n) is 2.84. The highest BCUT2D eigenvalue weighted by atomic mass is 32.2. The van der Waals surface area contributed by atoms with E-state index in [0.717, 1.165) is 5.56 Å². The van der Waals surface area contributed by atoms with Gasteiger partial charge in [-0.3, -0.25) is 4.79 Å². The highest BCUT2D eigenvalue weighted by Gasteiger charge is 2.27. The fraction of sp³-hybridized carbons (Fsp3) is 0.350. The summed E-state index contributed by atoms with van der Waals surface area (Å²) in [5, 5.41) is 2.79. The van der Waals surface area contributed by atoms with Gasteiger partial charge in [0.15, 0.2) is 0 Å². The highest BCUT2D eigenvalue weighted by molar-refractivity contribution is 7.89. The number of halogens is 1. The third kappa shape index (κ3) is 4.69. The molecule has 2 aromatic rings. The lowest BCUT2D eigenvalue weighted by Gasteiger charge is -2.21.